The molecule has 1 saturated carbocycles. The molecule has 0 amide bonds. The lowest BCUT2D eigenvalue weighted by Gasteiger charge is -2.07. The standard InChI is InChI=1S/C9H15NO/c1-2-3-6-11-9-5-4-8(10)7-9/h8-9H,4-7,10H2,1H3. The summed E-state index contributed by atoms with van der Waals surface area (Å²) >= 11 is 0. The first-order chi connectivity index (χ1) is 5.33. The smallest absolute Gasteiger partial charge is 0.108 e. The Balaban J connectivity index is 2.11. The Kier molecular flexibility index (Phi) is 3.41. The highest BCUT2D eigenvalue weighted by molar-refractivity contribution is 4.95. The Morgan fingerprint density at radius 3 is 2.91 bits per heavy atom. The van der Waals surface area contributed by atoms with Gasteiger partial charge in [0, 0.05) is 6.04 Å². The Bertz CT molecular complexity index is 168. The second-order valence-corrected chi connectivity index (χ2v) is 2.93. The highest BCUT2D eigenvalue weighted by atomic mass is 16.5. The van der Waals surface area contributed by atoms with E-state index in [0.717, 1.165) is 19.3 Å². The average molecular weight is 153 g/mol. The van der Waals surface area contributed by atoms with Gasteiger partial charge < -0.3 is 10.5 Å². The molecular formula is C9H15NO. The Morgan fingerprint density at radius 2 is 2.36 bits per heavy atom. The second kappa shape index (κ2) is 4.38. The van der Waals surface area contributed by atoms with Crippen LogP contribution in [0.5, 0.6) is 0 Å². The number of rotatable bonds is 2. The molecule has 1 fully saturated rings. The van der Waals surface area contributed by atoms with Crippen LogP contribution in [0.1, 0.15) is 26.2 Å². The third-order valence-electron chi connectivity index (χ3n) is 1.99. The topological polar surface area (TPSA) is 35.2 Å². The first-order valence-corrected chi connectivity index (χ1v) is 4.09. The number of hydrogen-bond acceptors (Lipinski definition) is 2. The van der Waals surface area contributed by atoms with Crippen LogP contribution in [0, 0.1) is 11.8 Å². The molecule has 1 aliphatic carbocycles. The van der Waals surface area contributed by atoms with Crippen LogP contribution in [-0.2, 0) is 4.74 Å². The fraction of sp³-hybridized carbons (Fsp3) is 0.778. The second-order valence-electron chi connectivity index (χ2n) is 2.93. The van der Waals surface area contributed by atoms with E-state index < -0.39 is 0 Å². The molecule has 0 aromatic carbocycles. The largest absolute Gasteiger partial charge is 0.365 e. The van der Waals surface area contributed by atoms with Crippen LogP contribution in [0.25, 0.3) is 0 Å². The van der Waals surface area contributed by atoms with Crippen LogP contribution in [0.2, 0.25) is 0 Å². The molecule has 1 rings (SSSR count). The lowest BCUT2D eigenvalue weighted by Crippen LogP contribution is -2.17. The number of hydrogen-bond donors (Lipinski definition) is 1. The third-order valence-corrected chi connectivity index (χ3v) is 1.99. The van der Waals surface area contributed by atoms with E-state index in [1.54, 1.807) is 0 Å². The van der Waals surface area contributed by atoms with Crippen molar-refractivity contribution in [3.8, 4) is 11.8 Å². The maximum Gasteiger partial charge on any atom is 0.108 e. The van der Waals surface area contributed by atoms with E-state index in [4.69, 9.17) is 10.5 Å². The van der Waals surface area contributed by atoms with Crippen LogP contribution in [0.15, 0.2) is 0 Å². The lowest BCUT2D eigenvalue weighted by atomic mass is 10.3. The van der Waals surface area contributed by atoms with Gasteiger partial charge in [0.2, 0.25) is 0 Å². The summed E-state index contributed by atoms with van der Waals surface area (Å²) in [6, 6.07) is 0.356. The fourth-order valence-corrected chi connectivity index (χ4v) is 1.36. The van der Waals surface area contributed by atoms with Gasteiger partial charge in [-0.3, -0.25) is 0 Å². The SMILES string of the molecule is CC#CCOC1CCC(N)C1. The van der Waals surface area contributed by atoms with Gasteiger partial charge in [0.25, 0.3) is 0 Å². The van der Waals surface area contributed by atoms with Crippen molar-refractivity contribution in [1.29, 1.82) is 0 Å². The van der Waals surface area contributed by atoms with Crippen LogP contribution in [-0.4, -0.2) is 18.8 Å². The van der Waals surface area contributed by atoms with Crippen molar-refractivity contribution in [1.82, 2.24) is 0 Å². The minimum atomic E-state index is 0.356. The molecule has 0 saturated heterocycles. The molecule has 0 bridgehead atoms. The summed E-state index contributed by atoms with van der Waals surface area (Å²) in [6.07, 6.45) is 3.58. The monoisotopic (exact) mass is 153 g/mol. The summed E-state index contributed by atoms with van der Waals surface area (Å²) in [7, 11) is 0. The summed E-state index contributed by atoms with van der Waals surface area (Å²) in [5, 5.41) is 0. The van der Waals surface area contributed by atoms with Gasteiger partial charge in [-0.2, -0.15) is 0 Å². The molecule has 0 spiro atoms. The number of ether oxygens (including phenoxy) is 1. The van der Waals surface area contributed by atoms with Gasteiger partial charge in [-0.05, 0) is 26.2 Å². The van der Waals surface area contributed by atoms with E-state index in [-0.39, 0.29) is 0 Å². The van der Waals surface area contributed by atoms with Gasteiger partial charge in [-0.25, -0.2) is 0 Å². The lowest BCUT2D eigenvalue weighted by molar-refractivity contribution is 0.0827. The Hall–Kier alpha value is -0.520. The highest BCUT2D eigenvalue weighted by Crippen LogP contribution is 2.19. The van der Waals surface area contributed by atoms with E-state index in [2.05, 4.69) is 11.8 Å². The predicted octanol–water partition coefficient (Wildman–Crippen LogP) is 0.906. The Labute approximate surface area is 68.1 Å². The quantitative estimate of drug-likeness (QED) is 0.598. The molecule has 2 nitrogen and oxygen atoms in total. The first kappa shape index (κ1) is 8.58. The summed E-state index contributed by atoms with van der Waals surface area (Å²) in [6.45, 7) is 2.39. The molecule has 2 atom stereocenters. The zero-order valence-electron chi connectivity index (χ0n) is 6.97. The van der Waals surface area contributed by atoms with Crippen molar-refractivity contribution in [2.24, 2.45) is 5.73 Å². The predicted molar refractivity (Wildman–Crippen MR) is 45.0 cm³/mol. The van der Waals surface area contributed by atoms with E-state index in [9.17, 15) is 0 Å². The zero-order valence-corrected chi connectivity index (χ0v) is 6.97. The first-order valence-electron chi connectivity index (χ1n) is 4.09. The van der Waals surface area contributed by atoms with Crippen molar-refractivity contribution < 1.29 is 4.74 Å². The van der Waals surface area contributed by atoms with Gasteiger partial charge in [-0.1, -0.05) is 5.92 Å². The van der Waals surface area contributed by atoms with Crippen molar-refractivity contribution in [2.75, 3.05) is 6.61 Å². The van der Waals surface area contributed by atoms with Gasteiger partial charge in [-0.15, -0.1) is 5.92 Å². The van der Waals surface area contributed by atoms with Gasteiger partial charge >= 0.3 is 0 Å². The van der Waals surface area contributed by atoms with Crippen molar-refractivity contribution in [2.45, 2.75) is 38.3 Å². The van der Waals surface area contributed by atoms with E-state index in [1.165, 1.54) is 0 Å². The zero-order chi connectivity index (χ0) is 8.10. The number of nitrogens with two attached hydrogens (primary N) is 1. The Morgan fingerprint density at radius 1 is 1.55 bits per heavy atom. The molecule has 0 radical (unpaired) electrons. The minimum absolute atomic E-state index is 0.356. The normalized spacial score (nSPS) is 29.6. The average Bonchev–Trinajstić information content (AvgIpc) is 2.37. The van der Waals surface area contributed by atoms with E-state index >= 15 is 0 Å². The van der Waals surface area contributed by atoms with Crippen LogP contribution in [0.4, 0.5) is 0 Å². The minimum Gasteiger partial charge on any atom is -0.365 e. The fourth-order valence-electron chi connectivity index (χ4n) is 1.36. The van der Waals surface area contributed by atoms with Gasteiger partial charge in [0.1, 0.15) is 6.61 Å². The highest BCUT2D eigenvalue weighted by Gasteiger charge is 2.21. The summed E-state index contributed by atoms with van der Waals surface area (Å²) in [5.41, 5.74) is 5.71. The molecule has 0 aliphatic heterocycles. The molecule has 2 unspecified atom stereocenters. The molecule has 2 N–H and O–H groups in total. The molecule has 0 heterocycles. The molecule has 1 aliphatic rings. The molecule has 62 valence electrons. The van der Waals surface area contributed by atoms with Gasteiger partial charge in [0.05, 0.1) is 6.10 Å². The summed E-state index contributed by atoms with van der Waals surface area (Å²) in [4.78, 5) is 0. The third kappa shape index (κ3) is 2.92. The maximum absolute atomic E-state index is 5.71. The van der Waals surface area contributed by atoms with E-state index in [1.807, 2.05) is 6.92 Å². The van der Waals surface area contributed by atoms with Gasteiger partial charge in [0.15, 0.2) is 0 Å². The van der Waals surface area contributed by atoms with Crippen molar-refractivity contribution in [3.05, 3.63) is 0 Å². The molecule has 0 aromatic rings. The van der Waals surface area contributed by atoms with E-state index in [0.29, 0.717) is 18.8 Å². The van der Waals surface area contributed by atoms with Crippen LogP contribution < -0.4 is 5.73 Å². The summed E-state index contributed by atoms with van der Waals surface area (Å²) in [5.74, 6) is 5.67. The molecular weight excluding hydrogens is 138 g/mol. The van der Waals surface area contributed by atoms with Crippen molar-refractivity contribution >= 4 is 0 Å². The maximum atomic E-state index is 5.71. The summed E-state index contributed by atoms with van der Waals surface area (Å²) < 4.78 is 5.46. The molecule has 11 heavy (non-hydrogen) atoms. The van der Waals surface area contributed by atoms with Crippen LogP contribution >= 0.6 is 0 Å². The molecule has 2 heteroatoms. The van der Waals surface area contributed by atoms with Crippen LogP contribution in [0.3, 0.4) is 0 Å². The molecule has 0 aromatic heterocycles. The van der Waals surface area contributed by atoms with Crippen molar-refractivity contribution in [3.63, 3.8) is 0 Å².